The van der Waals surface area contributed by atoms with E-state index in [1.807, 2.05) is 0 Å². The van der Waals surface area contributed by atoms with Crippen molar-refractivity contribution in [2.45, 2.75) is 19.8 Å². The van der Waals surface area contributed by atoms with Gasteiger partial charge in [0.2, 0.25) is 0 Å². The van der Waals surface area contributed by atoms with Gasteiger partial charge in [0, 0.05) is 0 Å². The summed E-state index contributed by atoms with van der Waals surface area (Å²) in [6.07, 6.45) is 2.34. The van der Waals surface area contributed by atoms with Crippen molar-refractivity contribution in [2.75, 3.05) is 0 Å². The Morgan fingerprint density at radius 1 is 1.46 bits per heavy atom. The van der Waals surface area contributed by atoms with Gasteiger partial charge in [0.1, 0.15) is 0 Å². The summed E-state index contributed by atoms with van der Waals surface area (Å²) in [5.41, 5.74) is 2.57. The molecule has 0 radical (unpaired) electrons. The highest BCUT2D eigenvalue weighted by molar-refractivity contribution is 7.73. The molecule has 0 atom stereocenters. The average molecular weight is 209 g/mol. The Morgan fingerprint density at radius 3 is 3.08 bits per heavy atom. The maximum Gasteiger partial charge on any atom is 0.159 e. The lowest BCUT2D eigenvalue weighted by molar-refractivity contribution is 0.923. The van der Waals surface area contributed by atoms with Gasteiger partial charge in [0.05, 0.1) is 10.2 Å². The number of aryl methyl sites for hydroxylation is 1. The topological polar surface area (TPSA) is 15.8 Å². The van der Waals surface area contributed by atoms with E-state index in [-0.39, 0.29) is 0 Å². The third-order valence-electron chi connectivity index (χ3n) is 2.02. The van der Waals surface area contributed by atoms with E-state index in [4.69, 9.17) is 12.2 Å². The Labute approximate surface area is 86.4 Å². The quantitative estimate of drug-likeness (QED) is 0.741. The predicted molar refractivity (Wildman–Crippen MR) is 61.0 cm³/mol. The lowest BCUT2D eigenvalue weighted by Gasteiger charge is -1.96. The number of H-pyrrole nitrogens is 1. The molecule has 0 aliphatic rings. The first kappa shape index (κ1) is 8.91. The van der Waals surface area contributed by atoms with Gasteiger partial charge in [-0.25, -0.2) is 0 Å². The van der Waals surface area contributed by atoms with Crippen molar-refractivity contribution in [3.8, 4) is 0 Å². The molecule has 68 valence electrons. The first-order chi connectivity index (χ1) is 6.29. The molecule has 0 aliphatic heterocycles. The standard InChI is InChI=1S/C10H11NS2/c1-2-3-7-4-5-9-8(6-7)11-10(12)13-9/h4-6H,2-3H2,1H3,(H,11,12). The number of hydrogen-bond acceptors (Lipinski definition) is 2. The molecular weight excluding hydrogens is 198 g/mol. The van der Waals surface area contributed by atoms with Crippen molar-refractivity contribution in [3.63, 3.8) is 0 Å². The van der Waals surface area contributed by atoms with Crippen molar-refractivity contribution in [1.29, 1.82) is 0 Å². The fourth-order valence-corrected chi connectivity index (χ4v) is 2.54. The molecule has 0 bridgehead atoms. The molecule has 0 aliphatic carbocycles. The highest BCUT2D eigenvalue weighted by Crippen LogP contribution is 2.20. The van der Waals surface area contributed by atoms with E-state index < -0.39 is 0 Å². The van der Waals surface area contributed by atoms with Crippen molar-refractivity contribution in [1.82, 2.24) is 4.98 Å². The first-order valence-electron chi connectivity index (χ1n) is 4.41. The largest absolute Gasteiger partial charge is 0.337 e. The molecule has 1 N–H and O–H groups in total. The van der Waals surface area contributed by atoms with Crippen LogP contribution in [0.2, 0.25) is 0 Å². The van der Waals surface area contributed by atoms with Crippen molar-refractivity contribution >= 4 is 33.8 Å². The van der Waals surface area contributed by atoms with E-state index in [2.05, 4.69) is 30.1 Å². The second-order valence-corrected chi connectivity index (χ2v) is 4.81. The second-order valence-electron chi connectivity index (χ2n) is 3.10. The molecule has 0 amide bonds. The molecule has 3 heteroatoms. The zero-order valence-corrected chi connectivity index (χ0v) is 9.10. The smallest absolute Gasteiger partial charge is 0.159 e. The van der Waals surface area contributed by atoms with Crippen LogP contribution >= 0.6 is 23.6 Å². The van der Waals surface area contributed by atoms with Crippen LogP contribution in [0.1, 0.15) is 18.9 Å². The Balaban J connectivity index is 2.54. The molecular formula is C10H11NS2. The van der Waals surface area contributed by atoms with E-state index in [1.165, 1.54) is 22.2 Å². The fraction of sp³-hybridized carbons (Fsp3) is 0.300. The Kier molecular flexibility index (Phi) is 2.47. The summed E-state index contributed by atoms with van der Waals surface area (Å²) in [5.74, 6) is 0. The molecule has 0 saturated carbocycles. The van der Waals surface area contributed by atoms with Gasteiger partial charge in [-0.1, -0.05) is 19.4 Å². The zero-order valence-electron chi connectivity index (χ0n) is 7.46. The number of thiazole rings is 1. The van der Waals surface area contributed by atoms with E-state index in [0.717, 1.165) is 10.4 Å². The molecule has 2 rings (SSSR count). The zero-order chi connectivity index (χ0) is 9.26. The summed E-state index contributed by atoms with van der Waals surface area (Å²) in [5, 5.41) is 0. The Bertz CT molecular complexity index is 467. The van der Waals surface area contributed by atoms with Crippen LogP contribution < -0.4 is 0 Å². The molecule has 13 heavy (non-hydrogen) atoms. The number of aromatic amines is 1. The van der Waals surface area contributed by atoms with Crippen molar-refractivity contribution < 1.29 is 0 Å². The fourth-order valence-electron chi connectivity index (χ4n) is 1.44. The first-order valence-corrected chi connectivity index (χ1v) is 5.64. The van der Waals surface area contributed by atoms with Crippen LogP contribution in [0.5, 0.6) is 0 Å². The lowest BCUT2D eigenvalue weighted by atomic mass is 10.1. The molecule has 1 heterocycles. The van der Waals surface area contributed by atoms with Gasteiger partial charge >= 0.3 is 0 Å². The van der Waals surface area contributed by atoms with Crippen LogP contribution in [-0.2, 0) is 6.42 Å². The van der Waals surface area contributed by atoms with Gasteiger partial charge in [0.25, 0.3) is 0 Å². The number of hydrogen-bond donors (Lipinski definition) is 1. The van der Waals surface area contributed by atoms with Crippen LogP contribution in [0.4, 0.5) is 0 Å². The summed E-state index contributed by atoms with van der Waals surface area (Å²) in [6.45, 7) is 2.19. The number of rotatable bonds is 2. The van der Waals surface area contributed by atoms with Crippen molar-refractivity contribution in [3.05, 3.63) is 27.7 Å². The Morgan fingerprint density at radius 2 is 2.31 bits per heavy atom. The van der Waals surface area contributed by atoms with E-state index >= 15 is 0 Å². The highest BCUT2D eigenvalue weighted by atomic mass is 32.1. The predicted octanol–water partition coefficient (Wildman–Crippen LogP) is 3.91. The summed E-state index contributed by atoms with van der Waals surface area (Å²) < 4.78 is 2.12. The normalized spacial score (nSPS) is 10.8. The SMILES string of the molecule is CCCc1ccc2sc(=S)[nH]c2c1. The van der Waals surface area contributed by atoms with Crippen LogP contribution in [0.25, 0.3) is 10.2 Å². The number of fused-ring (bicyclic) bond motifs is 1. The number of nitrogens with one attached hydrogen (secondary N) is 1. The summed E-state index contributed by atoms with van der Waals surface area (Å²) in [6, 6.07) is 6.54. The average Bonchev–Trinajstić information content (AvgIpc) is 2.44. The second kappa shape index (κ2) is 3.60. The van der Waals surface area contributed by atoms with Crippen LogP contribution in [0, 0.1) is 3.95 Å². The van der Waals surface area contributed by atoms with Crippen LogP contribution in [0.15, 0.2) is 18.2 Å². The molecule has 0 fully saturated rings. The van der Waals surface area contributed by atoms with E-state index in [9.17, 15) is 0 Å². The van der Waals surface area contributed by atoms with Crippen LogP contribution in [-0.4, -0.2) is 4.98 Å². The van der Waals surface area contributed by atoms with Gasteiger partial charge in [-0.15, -0.1) is 11.3 Å². The van der Waals surface area contributed by atoms with E-state index in [1.54, 1.807) is 11.3 Å². The minimum absolute atomic E-state index is 0.864. The minimum Gasteiger partial charge on any atom is -0.337 e. The summed E-state index contributed by atoms with van der Waals surface area (Å²) in [7, 11) is 0. The van der Waals surface area contributed by atoms with E-state index in [0.29, 0.717) is 0 Å². The number of benzene rings is 1. The molecule has 0 unspecified atom stereocenters. The monoisotopic (exact) mass is 209 g/mol. The molecule has 0 saturated heterocycles. The lowest BCUT2D eigenvalue weighted by Crippen LogP contribution is -1.81. The van der Waals surface area contributed by atoms with Crippen LogP contribution in [0.3, 0.4) is 0 Å². The molecule has 1 nitrogen and oxygen atoms in total. The van der Waals surface area contributed by atoms with Gasteiger partial charge in [-0.3, -0.25) is 0 Å². The van der Waals surface area contributed by atoms with Gasteiger partial charge in [0.15, 0.2) is 3.95 Å². The summed E-state index contributed by atoms with van der Waals surface area (Å²) >= 11 is 6.72. The maximum absolute atomic E-state index is 5.08. The molecule has 0 spiro atoms. The van der Waals surface area contributed by atoms with Gasteiger partial charge < -0.3 is 4.98 Å². The molecule has 1 aromatic heterocycles. The third kappa shape index (κ3) is 1.81. The summed E-state index contributed by atoms with van der Waals surface area (Å²) in [4.78, 5) is 3.19. The third-order valence-corrected chi connectivity index (χ3v) is 3.24. The molecule has 1 aromatic carbocycles. The number of aromatic nitrogens is 1. The van der Waals surface area contributed by atoms with Gasteiger partial charge in [-0.05, 0) is 36.3 Å². The molecule has 2 aromatic rings. The maximum atomic E-state index is 5.08. The highest BCUT2D eigenvalue weighted by Gasteiger charge is 1.97. The minimum atomic E-state index is 0.864. The Hall–Kier alpha value is -0.670. The van der Waals surface area contributed by atoms with Gasteiger partial charge in [-0.2, -0.15) is 0 Å². The van der Waals surface area contributed by atoms with Crippen molar-refractivity contribution in [2.24, 2.45) is 0 Å².